The summed E-state index contributed by atoms with van der Waals surface area (Å²) in [6, 6.07) is 4.76. The number of hydrogen-bond donors (Lipinski definition) is 1. The molecule has 1 heterocycles. The number of nitro groups is 2. The molecular formula is C13H9ClN4O6. The van der Waals surface area contributed by atoms with E-state index in [0.717, 1.165) is 19.2 Å². The molecule has 0 saturated carbocycles. The molecule has 124 valence electrons. The fourth-order valence-electron chi connectivity index (χ4n) is 1.90. The third-order valence-corrected chi connectivity index (χ3v) is 3.21. The maximum Gasteiger partial charge on any atom is 0.320 e. The number of carbonyl (C=O) groups is 1. The van der Waals surface area contributed by atoms with Crippen LogP contribution in [-0.2, 0) is 0 Å². The third kappa shape index (κ3) is 3.38. The van der Waals surface area contributed by atoms with Gasteiger partial charge in [-0.2, -0.15) is 0 Å². The Labute approximate surface area is 139 Å². The lowest BCUT2D eigenvalue weighted by molar-refractivity contribution is -0.395. The van der Waals surface area contributed by atoms with Crippen LogP contribution < -0.4 is 10.1 Å². The summed E-state index contributed by atoms with van der Waals surface area (Å²) in [5.41, 5.74) is -1.45. The average Bonchev–Trinajstić information content (AvgIpc) is 2.54. The van der Waals surface area contributed by atoms with E-state index in [1.165, 1.54) is 18.3 Å². The Hall–Kier alpha value is -3.27. The van der Waals surface area contributed by atoms with E-state index in [9.17, 15) is 25.0 Å². The summed E-state index contributed by atoms with van der Waals surface area (Å²) >= 11 is 5.79. The van der Waals surface area contributed by atoms with Crippen LogP contribution in [0.3, 0.4) is 0 Å². The largest absolute Gasteiger partial charge is 0.485 e. The minimum absolute atomic E-state index is 0.0142. The van der Waals surface area contributed by atoms with Gasteiger partial charge in [-0.3, -0.25) is 25.0 Å². The normalized spacial score (nSPS) is 10.1. The number of anilines is 1. The molecule has 1 aromatic carbocycles. The summed E-state index contributed by atoms with van der Waals surface area (Å²) in [6.07, 6.45) is 1.38. The summed E-state index contributed by atoms with van der Waals surface area (Å²) in [5, 5.41) is 24.4. The first-order valence-corrected chi connectivity index (χ1v) is 6.65. The smallest absolute Gasteiger partial charge is 0.320 e. The van der Waals surface area contributed by atoms with E-state index in [-0.39, 0.29) is 16.4 Å². The van der Waals surface area contributed by atoms with Crippen LogP contribution in [0.1, 0.15) is 10.4 Å². The van der Waals surface area contributed by atoms with Crippen molar-refractivity contribution < 1.29 is 19.4 Å². The molecule has 0 fully saturated rings. The van der Waals surface area contributed by atoms with E-state index in [4.69, 9.17) is 16.3 Å². The van der Waals surface area contributed by atoms with Gasteiger partial charge in [0.1, 0.15) is 5.15 Å². The summed E-state index contributed by atoms with van der Waals surface area (Å²) in [5.74, 6) is -1.23. The van der Waals surface area contributed by atoms with Gasteiger partial charge in [0.05, 0.1) is 28.2 Å². The van der Waals surface area contributed by atoms with Crippen molar-refractivity contribution in [3.63, 3.8) is 0 Å². The molecule has 2 aromatic rings. The van der Waals surface area contributed by atoms with Crippen LogP contribution in [0.25, 0.3) is 0 Å². The first-order chi connectivity index (χ1) is 11.3. The lowest BCUT2D eigenvalue weighted by atomic mass is 10.2. The molecule has 1 amide bonds. The molecule has 0 radical (unpaired) electrons. The van der Waals surface area contributed by atoms with Crippen molar-refractivity contribution in [1.29, 1.82) is 0 Å². The predicted octanol–water partition coefficient (Wildman–Crippen LogP) is 2.81. The highest BCUT2D eigenvalue weighted by Gasteiger charge is 2.28. The zero-order valence-corrected chi connectivity index (χ0v) is 12.8. The predicted molar refractivity (Wildman–Crippen MR) is 83.5 cm³/mol. The number of methoxy groups -OCH3 is 1. The van der Waals surface area contributed by atoms with Crippen LogP contribution in [0, 0.1) is 20.2 Å². The number of aromatic nitrogens is 1. The summed E-state index contributed by atoms with van der Waals surface area (Å²) in [6.45, 7) is 0. The van der Waals surface area contributed by atoms with Crippen molar-refractivity contribution in [3.8, 4) is 5.75 Å². The SMILES string of the molecule is COc1c([N+](=O)[O-])cc(NC(=O)c2cccnc2Cl)cc1[N+](=O)[O-]. The van der Waals surface area contributed by atoms with E-state index in [0.29, 0.717) is 0 Å². The topological polar surface area (TPSA) is 138 Å². The van der Waals surface area contributed by atoms with Crippen LogP contribution in [0.5, 0.6) is 5.75 Å². The molecule has 0 bridgehead atoms. The number of pyridine rings is 1. The number of nitrogens with zero attached hydrogens (tertiary/aromatic N) is 3. The lowest BCUT2D eigenvalue weighted by Crippen LogP contribution is -2.13. The molecule has 11 heteroatoms. The van der Waals surface area contributed by atoms with Gasteiger partial charge in [-0.25, -0.2) is 4.98 Å². The van der Waals surface area contributed by atoms with E-state index < -0.39 is 32.9 Å². The second kappa shape index (κ2) is 6.87. The standard InChI is InChI=1S/C13H9ClN4O6/c1-24-11-9(17(20)21)5-7(6-10(11)18(22)23)16-13(19)8-3-2-4-15-12(8)14/h2-6H,1H3,(H,16,19). The molecule has 0 aliphatic carbocycles. The molecule has 1 aromatic heterocycles. The second-order valence-electron chi connectivity index (χ2n) is 4.36. The van der Waals surface area contributed by atoms with Gasteiger partial charge in [-0.05, 0) is 12.1 Å². The first kappa shape index (κ1) is 17.1. The number of nitrogens with one attached hydrogen (secondary N) is 1. The van der Waals surface area contributed by atoms with Crippen molar-refractivity contribution in [2.75, 3.05) is 12.4 Å². The summed E-state index contributed by atoms with van der Waals surface area (Å²) < 4.78 is 4.74. The quantitative estimate of drug-likeness (QED) is 0.496. The van der Waals surface area contributed by atoms with Gasteiger partial charge in [-0.15, -0.1) is 0 Å². The van der Waals surface area contributed by atoms with E-state index in [1.54, 1.807) is 0 Å². The Kier molecular flexibility index (Phi) is 4.90. The van der Waals surface area contributed by atoms with Gasteiger partial charge < -0.3 is 10.1 Å². The zero-order valence-electron chi connectivity index (χ0n) is 12.1. The van der Waals surface area contributed by atoms with Crippen LogP contribution in [-0.4, -0.2) is 27.8 Å². The molecule has 1 N–H and O–H groups in total. The fraction of sp³-hybridized carbons (Fsp3) is 0.0769. The first-order valence-electron chi connectivity index (χ1n) is 6.27. The number of nitro benzene ring substituents is 2. The highest BCUT2D eigenvalue weighted by atomic mass is 35.5. The highest BCUT2D eigenvalue weighted by Crippen LogP contribution is 2.39. The fourth-order valence-corrected chi connectivity index (χ4v) is 2.11. The van der Waals surface area contributed by atoms with Gasteiger partial charge in [0.2, 0.25) is 0 Å². The molecule has 10 nitrogen and oxygen atoms in total. The summed E-state index contributed by atoms with van der Waals surface area (Å²) in [4.78, 5) is 36.3. The number of rotatable bonds is 5. The van der Waals surface area contributed by atoms with Crippen molar-refractivity contribution in [2.24, 2.45) is 0 Å². The molecule has 2 rings (SSSR count). The van der Waals surface area contributed by atoms with E-state index >= 15 is 0 Å². The molecule has 0 aliphatic rings. The minimum Gasteiger partial charge on any atom is -0.485 e. The Bertz CT molecular complexity index is 806. The lowest BCUT2D eigenvalue weighted by Gasteiger charge is -2.08. The number of ether oxygens (including phenoxy) is 1. The number of benzene rings is 1. The molecule has 0 saturated heterocycles. The number of carbonyl (C=O) groups excluding carboxylic acids is 1. The Balaban J connectivity index is 2.48. The number of amides is 1. The van der Waals surface area contributed by atoms with Crippen LogP contribution in [0.2, 0.25) is 5.15 Å². The van der Waals surface area contributed by atoms with Gasteiger partial charge in [0.15, 0.2) is 0 Å². The van der Waals surface area contributed by atoms with Crippen LogP contribution in [0.4, 0.5) is 17.1 Å². The average molecular weight is 353 g/mol. The highest BCUT2D eigenvalue weighted by molar-refractivity contribution is 6.33. The monoisotopic (exact) mass is 352 g/mol. The van der Waals surface area contributed by atoms with Gasteiger partial charge in [0.25, 0.3) is 11.7 Å². The van der Waals surface area contributed by atoms with E-state index in [2.05, 4.69) is 10.3 Å². The van der Waals surface area contributed by atoms with Crippen LogP contribution >= 0.6 is 11.6 Å². The van der Waals surface area contributed by atoms with E-state index in [1.807, 2.05) is 0 Å². The van der Waals surface area contributed by atoms with Gasteiger partial charge >= 0.3 is 11.4 Å². The van der Waals surface area contributed by atoms with Crippen molar-refractivity contribution in [2.45, 2.75) is 0 Å². The zero-order chi connectivity index (χ0) is 17.9. The van der Waals surface area contributed by atoms with Crippen LogP contribution in [0.15, 0.2) is 30.5 Å². The number of halogens is 1. The van der Waals surface area contributed by atoms with Gasteiger partial charge in [0, 0.05) is 18.3 Å². The Morgan fingerprint density at radius 3 is 2.29 bits per heavy atom. The maximum atomic E-state index is 12.1. The van der Waals surface area contributed by atoms with Gasteiger partial charge in [-0.1, -0.05) is 11.6 Å². The van der Waals surface area contributed by atoms with Crippen molar-refractivity contribution in [3.05, 3.63) is 61.4 Å². The Morgan fingerprint density at radius 2 is 1.83 bits per heavy atom. The molecule has 0 atom stereocenters. The molecule has 0 unspecified atom stereocenters. The van der Waals surface area contributed by atoms with Crippen molar-refractivity contribution >= 4 is 34.6 Å². The molecule has 0 spiro atoms. The van der Waals surface area contributed by atoms with Crippen molar-refractivity contribution in [1.82, 2.24) is 4.98 Å². The second-order valence-corrected chi connectivity index (χ2v) is 4.72. The minimum atomic E-state index is -0.849. The Morgan fingerprint density at radius 1 is 1.25 bits per heavy atom. The molecule has 0 aliphatic heterocycles. The third-order valence-electron chi connectivity index (χ3n) is 2.91. The summed E-state index contributed by atoms with van der Waals surface area (Å²) in [7, 11) is 1.07. The molecule has 24 heavy (non-hydrogen) atoms. The molecular weight excluding hydrogens is 344 g/mol. The maximum absolute atomic E-state index is 12.1. The number of hydrogen-bond acceptors (Lipinski definition) is 7.